The van der Waals surface area contributed by atoms with Gasteiger partial charge in [0.25, 0.3) is 0 Å². The number of rotatable bonds is 10. The Balaban J connectivity index is 1.79. The smallest absolute Gasteiger partial charge is 0.0233 e. The summed E-state index contributed by atoms with van der Waals surface area (Å²) in [7, 11) is 0. The molecular formula is C19H32N2. The second-order valence-electron chi connectivity index (χ2n) is 6.85. The fourth-order valence-corrected chi connectivity index (χ4v) is 2.79. The average molecular weight is 288 g/mol. The summed E-state index contributed by atoms with van der Waals surface area (Å²) in [5.74, 6) is 0.984. The molecule has 0 unspecified atom stereocenters. The molecule has 1 aliphatic carbocycles. The maximum Gasteiger partial charge on any atom is 0.0233 e. The van der Waals surface area contributed by atoms with Crippen molar-refractivity contribution in [3.63, 3.8) is 0 Å². The van der Waals surface area contributed by atoms with E-state index in [0.29, 0.717) is 6.04 Å². The molecule has 0 atom stereocenters. The Bertz CT molecular complexity index is 393. The molecule has 1 N–H and O–H groups in total. The fraction of sp³-hybridized carbons (Fsp3) is 0.684. The summed E-state index contributed by atoms with van der Waals surface area (Å²) < 4.78 is 0. The van der Waals surface area contributed by atoms with Crippen molar-refractivity contribution >= 4 is 0 Å². The molecule has 1 fully saturated rings. The molecule has 0 saturated heterocycles. The maximum atomic E-state index is 3.48. The molecule has 2 heteroatoms. The molecule has 0 amide bonds. The summed E-state index contributed by atoms with van der Waals surface area (Å²) in [6, 6.07) is 9.83. The average Bonchev–Trinajstić information content (AvgIpc) is 3.24. The molecule has 21 heavy (non-hydrogen) atoms. The lowest BCUT2D eigenvalue weighted by molar-refractivity contribution is 0.255. The highest BCUT2D eigenvalue weighted by Gasteiger charge is 2.23. The molecule has 0 bridgehead atoms. The molecule has 0 aromatic heterocycles. The van der Waals surface area contributed by atoms with Gasteiger partial charge in [-0.2, -0.15) is 0 Å². The van der Waals surface area contributed by atoms with Crippen molar-refractivity contribution in [1.29, 1.82) is 0 Å². The Morgan fingerprint density at radius 3 is 2.38 bits per heavy atom. The SMILES string of the molecule is CCCN(Cc1ccc(CCNC(C)C)cc1)CC1CC1. The Kier molecular flexibility index (Phi) is 6.72. The normalized spacial score (nSPS) is 15.1. The van der Waals surface area contributed by atoms with Crippen LogP contribution in [0.4, 0.5) is 0 Å². The van der Waals surface area contributed by atoms with Gasteiger partial charge in [-0.25, -0.2) is 0 Å². The number of hydrogen-bond acceptors (Lipinski definition) is 2. The van der Waals surface area contributed by atoms with Gasteiger partial charge in [-0.3, -0.25) is 4.90 Å². The molecule has 1 saturated carbocycles. The van der Waals surface area contributed by atoms with E-state index in [1.54, 1.807) is 0 Å². The van der Waals surface area contributed by atoms with E-state index in [9.17, 15) is 0 Å². The van der Waals surface area contributed by atoms with Gasteiger partial charge < -0.3 is 5.32 Å². The summed E-state index contributed by atoms with van der Waals surface area (Å²) in [5.41, 5.74) is 2.90. The standard InChI is InChI=1S/C19H32N2/c1-4-13-21(15-19-9-10-19)14-18-7-5-17(6-8-18)11-12-20-16(2)3/h5-8,16,19-20H,4,9-15H2,1-3H3. The van der Waals surface area contributed by atoms with Crippen LogP contribution in [0.3, 0.4) is 0 Å². The van der Waals surface area contributed by atoms with Gasteiger partial charge in [0.05, 0.1) is 0 Å². The zero-order chi connectivity index (χ0) is 15.1. The van der Waals surface area contributed by atoms with Gasteiger partial charge in [0.1, 0.15) is 0 Å². The molecule has 1 aliphatic rings. The number of hydrogen-bond donors (Lipinski definition) is 1. The van der Waals surface area contributed by atoms with Crippen LogP contribution in [0.25, 0.3) is 0 Å². The lowest BCUT2D eigenvalue weighted by Crippen LogP contribution is -2.26. The summed E-state index contributed by atoms with van der Waals surface area (Å²) in [5, 5.41) is 3.48. The predicted molar refractivity (Wildman–Crippen MR) is 91.6 cm³/mol. The molecule has 0 heterocycles. The van der Waals surface area contributed by atoms with Crippen LogP contribution in [0.5, 0.6) is 0 Å². The Morgan fingerprint density at radius 1 is 1.14 bits per heavy atom. The van der Waals surface area contributed by atoms with Crippen molar-refractivity contribution in [2.45, 2.75) is 59.0 Å². The van der Waals surface area contributed by atoms with E-state index >= 15 is 0 Å². The van der Waals surface area contributed by atoms with Crippen LogP contribution >= 0.6 is 0 Å². The van der Waals surface area contributed by atoms with Crippen LogP contribution in [0.1, 0.15) is 51.2 Å². The Morgan fingerprint density at radius 2 is 1.81 bits per heavy atom. The number of nitrogens with one attached hydrogen (secondary N) is 1. The van der Waals surface area contributed by atoms with Gasteiger partial charge >= 0.3 is 0 Å². The zero-order valence-electron chi connectivity index (χ0n) is 14.1. The molecule has 118 valence electrons. The largest absolute Gasteiger partial charge is 0.314 e. The summed E-state index contributed by atoms with van der Waals surface area (Å²) in [6.07, 6.45) is 5.27. The molecule has 0 aliphatic heterocycles. The van der Waals surface area contributed by atoms with E-state index in [1.807, 2.05) is 0 Å². The van der Waals surface area contributed by atoms with Crippen molar-refractivity contribution in [2.75, 3.05) is 19.6 Å². The highest BCUT2D eigenvalue weighted by Crippen LogP contribution is 2.30. The van der Waals surface area contributed by atoms with Crippen LogP contribution in [0.15, 0.2) is 24.3 Å². The summed E-state index contributed by atoms with van der Waals surface area (Å²) in [6.45, 7) is 11.4. The second-order valence-corrected chi connectivity index (χ2v) is 6.85. The monoisotopic (exact) mass is 288 g/mol. The first kappa shape index (κ1) is 16.5. The first-order chi connectivity index (χ1) is 10.2. The second kappa shape index (κ2) is 8.55. The molecular weight excluding hydrogens is 256 g/mol. The van der Waals surface area contributed by atoms with Crippen LogP contribution in [-0.4, -0.2) is 30.6 Å². The lowest BCUT2D eigenvalue weighted by atomic mass is 10.1. The summed E-state index contributed by atoms with van der Waals surface area (Å²) in [4.78, 5) is 2.63. The highest BCUT2D eigenvalue weighted by molar-refractivity contribution is 5.22. The van der Waals surface area contributed by atoms with E-state index in [1.165, 1.54) is 43.5 Å². The molecule has 1 aromatic carbocycles. The predicted octanol–water partition coefficient (Wildman–Crippen LogP) is 3.85. The first-order valence-electron chi connectivity index (χ1n) is 8.71. The van der Waals surface area contributed by atoms with Crippen molar-refractivity contribution in [1.82, 2.24) is 10.2 Å². The van der Waals surface area contributed by atoms with Gasteiger partial charge in [-0.05, 0) is 55.8 Å². The minimum absolute atomic E-state index is 0.578. The van der Waals surface area contributed by atoms with Crippen LogP contribution in [-0.2, 0) is 13.0 Å². The van der Waals surface area contributed by atoms with Crippen molar-refractivity contribution in [3.8, 4) is 0 Å². The third-order valence-electron chi connectivity index (χ3n) is 4.15. The van der Waals surface area contributed by atoms with Gasteiger partial charge in [-0.1, -0.05) is 45.0 Å². The van der Waals surface area contributed by atoms with E-state index in [4.69, 9.17) is 0 Å². The van der Waals surface area contributed by atoms with E-state index < -0.39 is 0 Å². The summed E-state index contributed by atoms with van der Waals surface area (Å²) >= 11 is 0. The van der Waals surface area contributed by atoms with E-state index in [-0.39, 0.29) is 0 Å². The maximum absolute atomic E-state index is 3.48. The zero-order valence-corrected chi connectivity index (χ0v) is 14.1. The Hall–Kier alpha value is -0.860. The third kappa shape index (κ3) is 6.62. The minimum atomic E-state index is 0.578. The van der Waals surface area contributed by atoms with Gasteiger partial charge in [-0.15, -0.1) is 0 Å². The first-order valence-corrected chi connectivity index (χ1v) is 8.71. The van der Waals surface area contributed by atoms with Crippen LogP contribution in [0, 0.1) is 5.92 Å². The lowest BCUT2D eigenvalue weighted by Gasteiger charge is -2.21. The van der Waals surface area contributed by atoms with Crippen molar-refractivity contribution < 1.29 is 0 Å². The molecule has 1 aromatic rings. The highest BCUT2D eigenvalue weighted by atomic mass is 15.1. The number of benzene rings is 1. The van der Waals surface area contributed by atoms with E-state index in [2.05, 4.69) is 55.3 Å². The van der Waals surface area contributed by atoms with Crippen LogP contribution in [0.2, 0.25) is 0 Å². The molecule has 2 rings (SSSR count). The molecule has 0 radical (unpaired) electrons. The Labute approximate surface area is 130 Å². The van der Waals surface area contributed by atoms with E-state index in [0.717, 1.165) is 25.4 Å². The topological polar surface area (TPSA) is 15.3 Å². The van der Waals surface area contributed by atoms with Gasteiger partial charge in [0.15, 0.2) is 0 Å². The molecule has 0 spiro atoms. The van der Waals surface area contributed by atoms with Crippen molar-refractivity contribution in [3.05, 3.63) is 35.4 Å². The quantitative estimate of drug-likeness (QED) is 0.703. The van der Waals surface area contributed by atoms with Crippen LogP contribution < -0.4 is 5.32 Å². The fourth-order valence-electron chi connectivity index (χ4n) is 2.79. The van der Waals surface area contributed by atoms with Crippen molar-refractivity contribution in [2.24, 2.45) is 5.92 Å². The minimum Gasteiger partial charge on any atom is -0.314 e. The molecule has 2 nitrogen and oxygen atoms in total. The van der Waals surface area contributed by atoms with Gasteiger partial charge in [0, 0.05) is 19.1 Å². The van der Waals surface area contributed by atoms with Gasteiger partial charge in [0.2, 0.25) is 0 Å². The number of nitrogens with zero attached hydrogens (tertiary/aromatic N) is 1. The third-order valence-corrected chi connectivity index (χ3v) is 4.15.